The van der Waals surface area contributed by atoms with Gasteiger partial charge in [-0.3, -0.25) is 9.59 Å². The third-order valence-electron chi connectivity index (χ3n) is 4.46. The van der Waals surface area contributed by atoms with Gasteiger partial charge in [0, 0.05) is 23.9 Å². The molecule has 0 saturated heterocycles. The lowest BCUT2D eigenvalue weighted by molar-refractivity contribution is -0.126. The minimum absolute atomic E-state index is 0.233. The first kappa shape index (κ1) is 28.2. The van der Waals surface area contributed by atoms with Gasteiger partial charge in [-0.2, -0.15) is 10.2 Å². The Hall–Kier alpha value is -3.04. The van der Waals surface area contributed by atoms with E-state index in [1.54, 1.807) is 38.1 Å². The molecule has 0 fully saturated rings. The van der Waals surface area contributed by atoms with E-state index in [0.29, 0.717) is 49.4 Å². The quantitative estimate of drug-likeness (QED) is 0.176. The Labute approximate surface area is 215 Å². The molecule has 0 aliphatic rings. The molecule has 2 rings (SSSR count). The van der Waals surface area contributed by atoms with Crippen LogP contribution in [-0.4, -0.2) is 44.2 Å². The van der Waals surface area contributed by atoms with Crippen LogP contribution in [-0.2, 0) is 9.59 Å². The number of hydrogen-bond donors (Lipinski definition) is 0. The van der Waals surface area contributed by atoms with E-state index in [-0.39, 0.29) is 16.4 Å². The van der Waals surface area contributed by atoms with Crippen LogP contribution in [0.4, 0.5) is 11.4 Å². The average molecular weight is 526 g/mol. The summed E-state index contributed by atoms with van der Waals surface area (Å²) in [7, 11) is 0. The summed E-state index contributed by atoms with van der Waals surface area (Å²) in [6.45, 7) is 10.0. The number of carbonyl (C=O) groups excluding carboxylic acids is 2. The number of ketones is 1. The largest absolute Gasteiger partial charge is 0.494 e. The summed E-state index contributed by atoms with van der Waals surface area (Å²) in [6.07, 6.45) is 0. The molecular weight excluding hydrogens is 497 g/mol. The van der Waals surface area contributed by atoms with Gasteiger partial charge in [-0.05, 0) is 52.8 Å². The van der Waals surface area contributed by atoms with Crippen LogP contribution < -0.4 is 23.4 Å². The maximum absolute atomic E-state index is 13.1. The molecule has 0 aromatic heterocycles. The highest BCUT2D eigenvalue weighted by molar-refractivity contribution is 6.39. The van der Waals surface area contributed by atoms with E-state index in [1.165, 1.54) is 13.0 Å². The Kier molecular flexibility index (Phi) is 11.1. The summed E-state index contributed by atoms with van der Waals surface area (Å²) in [6, 6.07) is 6.38. The number of azo groups is 1. The fourth-order valence-corrected chi connectivity index (χ4v) is 3.42. The monoisotopic (exact) mass is 525 g/mol. The van der Waals surface area contributed by atoms with Gasteiger partial charge in [-0.1, -0.05) is 11.6 Å². The Bertz CT molecular complexity index is 1060. The van der Waals surface area contributed by atoms with Crippen molar-refractivity contribution in [2.24, 2.45) is 10.2 Å². The molecule has 0 aliphatic carbocycles. The number of hydrogen-bond acceptors (Lipinski definition) is 8. The molecule has 1 atom stereocenters. The predicted octanol–water partition coefficient (Wildman–Crippen LogP) is 6.16. The third kappa shape index (κ3) is 7.47. The zero-order valence-electron chi connectivity index (χ0n) is 20.3. The minimum atomic E-state index is -1.51. The van der Waals surface area contributed by atoms with E-state index in [1.807, 2.05) is 13.8 Å². The van der Waals surface area contributed by atoms with Crippen LogP contribution >= 0.6 is 23.4 Å². The molecule has 2 aromatic rings. The van der Waals surface area contributed by atoms with E-state index in [4.69, 9.17) is 42.3 Å². The normalized spacial score (nSPS) is 11.7. The highest BCUT2D eigenvalue weighted by atomic mass is 35.5. The fourth-order valence-electron chi connectivity index (χ4n) is 2.97. The number of halogens is 2. The summed E-state index contributed by atoms with van der Waals surface area (Å²) in [5, 5.41) is 8.34. The molecular formula is C24H29Cl2N3O6. The molecule has 0 bridgehead atoms. The fraction of sp³-hybridized carbons (Fsp3) is 0.417. The van der Waals surface area contributed by atoms with Crippen molar-refractivity contribution in [2.75, 3.05) is 30.8 Å². The van der Waals surface area contributed by atoms with Gasteiger partial charge in [-0.15, -0.1) is 0 Å². The Morgan fingerprint density at radius 1 is 0.886 bits per heavy atom. The SMILES string of the molecule is CCOc1ccc(N(Cl)C(=O)C(N=Nc2cc(Cl)c(OCC)cc2OCC)C(C)=O)c(OCC)c1. The molecule has 190 valence electrons. The van der Waals surface area contributed by atoms with Gasteiger partial charge < -0.3 is 18.9 Å². The Morgan fingerprint density at radius 2 is 1.49 bits per heavy atom. The van der Waals surface area contributed by atoms with Gasteiger partial charge in [-0.25, -0.2) is 4.42 Å². The second-order valence-corrected chi connectivity index (χ2v) is 7.70. The van der Waals surface area contributed by atoms with Crippen LogP contribution in [0.2, 0.25) is 5.02 Å². The minimum Gasteiger partial charge on any atom is -0.494 e. The van der Waals surface area contributed by atoms with E-state index in [0.717, 1.165) is 4.42 Å². The van der Waals surface area contributed by atoms with E-state index in [2.05, 4.69) is 10.2 Å². The van der Waals surface area contributed by atoms with Gasteiger partial charge in [0.25, 0.3) is 5.91 Å². The van der Waals surface area contributed by atoms with Gasteiger partial charge in [0.2, 0.25) is 6.04 Å². The van der Waals surface area contributed by atoms with Crippen molar-refractivity contribution < 1.29 is 28.5 Å². The molecule has 0 heterocycles. The smallest absolute Gasteiger partial charge is 0.276 e. The predicted molar refractivity (Wildman–Crippen MR) is 135 cm³/mol. The molecule has 0 N–H and O–H groups in total. The zero-order chi connectivity index (χ0) is 26.0. The molecule has 0 spiro atoms. The van der Waals surface area contributed by atoms with E-state index in [9.17, 15) is 9.59 Å². The second kappa shape index (κ2) is 13.7. The van der Waals surface area contributed by atoms with Crippen LogP contribution in [0.3, 0.4) is 0 Å². The van der Waals surface area contributed by atoms with Crippen LogP contribution in [0.25, 0.3) is 0 Å². The molecule has 2 aromatic carbocycles. The topological polar surface area (TPSA) is 99.0 Å². The molecule has 35 heavy (non-hydrogen) atoms. The molecule has 1 unspecified atom stereocenters. The number of ether oxygens (including phenoxy) is 4. The summed E-state index contributed by atoms with van der Waals surface area (Å²) in [5.41, 5.74) is 0.471. The molecule has 11 heteroatoms. The van der Waals surface area contributed by atoms with Gasteiger partial charge >= 0.3 is 0 Å². The number of carbonyl (C=O) groups is 2. The number of amides is 1. The van der Waals surface area contributed by atoms with E-state index >= 15 is 0 Å². The van der Waals surface area contributed by atoms with E-state index < -0.39 is 17.7 Å². The standard InChI is InChI=1S/C24H29Cl2N3O6/c1-6-32-16-10-11-19(22(12-16)35-9-4)29(26)24(31)23(15(5)30)28-27-18-13-17(25)20(33-7-2)14-21(18)34-8-3/h10-14,23H,6-9H2,1-5H3. The first-order chi connectivity index (χ1) is 16.8. The lowest BCUT2D eigenvalue weighted by atomic mass is 10.2. The molecule has 0 aliphatic heterocycles. The van der Waals surface area contributed by atoms with Crippen molar-refractivity contribution in [1.82, 2.24) is 0 Å². The lowest BCUT2D eigenvalue weighted by Crippen LogP contribution is -2.36. The summed E-state index contributed by atoms with van der Waals surface area (Å²) in [5.74, 6) is 0.272. The van der Waals surface area contributed by atoms with Crippen molar-refractivity contribution in [3.63, 3.8) is 0 Å². The van der Waals surface area contributed by atoms with Crippen LogP contribution in [0.5, 0.6) is 23.0 Å². The number of rotatable bonds is 13. The number of nitrogens with zero attached hydrogens (tertiary/aromatic N) is 3. The number of anilines is 1. The highest BCUT2D eigenvalue weighted by Gasteiger charge is 2.30. The number of benzene rings is 2. The first-order valence-corrected chi connectivity index (χ1v) is 11.9. The Balaban J connectivity index is 2.39. The van der Waals surface area contributed by atoms with Crippen LogP contribution in [0.1, 0.15) is 34.6 Å². The molecule has 9 nitrogen and oxygen atoms in total. The Morgan fingerprint density at radius 3 is 2.09 bits per heavy atom. The maximum Gasteiger partial charge on any atom is 0.276 e. The average Bonchev–Trinajstić information content (AvgIpc) is 2.82. The summed E-state index contributed by atoms with van der Waals surface area (Å²) >= 11 is 12.6. The molecule has 0 radical (unpaired) electrons. The van der Waals surface area contributed by atoms with Crippen molar-refractivity contribution >= 4 is 46.4 Å². The maximum atomic E-state index is 13.1. The van der Waals surface area contributed by atoms with Crippen molar-refractivity contribution in [3.05, 3.63) is 35.4 Å². The van der Waals surface area contributed by atoms with Gasteiger partial charge in [0.05, 0.1) is 31.5 Å². The molecule has 0 saturated carbocycles. The third-order valence-corrected chi connectivity index (χ3v) is 5.10. The van der Waals surface area contributed by atoms with Crippen molar-refractivity contribution in [2.45, 2.75) is 40.7 Å². The van der Waals surface area contributed by atoms with Crippen LogP contribution in [0.15, 0.2) is 40.6 Å². The van der Waals surface area contributed by atoms with Gasteiger partial charge in [0.15, 0.2) is 11.5 Å². The molecule has 1 amide bonds. The lowest BCUT2D eigenvalue weighted by Gasteiger charge is -2.20. The van der Waals surface area contributed by atoms with Crippen molar-refractivity contribution in [1.29, 1.82) is 0 Å². The summed E-state index contributed by atoms with van der Waals surface area (Å²) < 4.78 is 23.0. The van der Waals surface area contributed by atoms with Crippen molar-refractivity contribution in [3.8, 4) is 23.0 Å². The van der Waals surface area contributed by atoms with Gasteiger partial charge in [0.1, 0.15) is 28.6 Å². The first-order valence-electron chi connectivity index (χ1n) is 11.2. The number of Topliss-reactive ketones (excluding diaryl/α,β-unsaturated/α-hetero) is 1. The second-order valence-electron chi connectivity index (χ2n) is 6.96. The zero-order valence-corrected chi connectivity index (χ0v) is 21.9. The highest BCUT2D eigenvalue weighted by Crippen LogP contribution is 2.39. The van der Waals surface area contributed by atoms with Crippen LogP contribution in [0, 0.1) is 0 Å². The summed E-state index contributed by atoms with van der Waals surface area (Å²) in [4.78, 5) is 25.5.